The molecule has 1 unspecified atom stereocenters. The van der Waals surface area contributed by atoms with Crippen molar-refractivity contribution in [3.05, 3.63) is 46.0 Å². The molecule has 19 heavy (non-hydrogen) atoms. The molecule has 1 atom stereocenters. The summed E-state index contributed by atoms with van der Waals surface area (Å²) in [4.78, 5) is 21.7. The van der Waals surface area contributed by atoms with Crippen LogP contribution in [-0.2, 0) is 4.79 Å². The van der Waals surface area contributed by atoms with E-state index in [0.29, 0.717) is 6.54 Å². The molecule has 0 fully saturated rings. The van der Waals surface area contributed by atoms with E-state index in [9.17, 15) is 14.9 Å². The second kappa shape index (κ2) is 6.75. The first kappa shape index (κ1) is 15.0. The molecular formula is C12H13ClN2O4. The van der Waals surface area contributed by atoms with E-state index in [1.54, 1.807) is 0 Å². The summed E-state index contributed by atoms with van der Waals surface area (Å²) in [7, 11) is 0. The van der Waals surface area contributed by atoms with Crippen LogP contribution in [0.15, 0.2) is 30.9 Å². The molecule has 0 saturated carbocycles. The Morgan fingerprint density at radius 1 is 1.68 bits per heavy atom. The number of ether oxygens (including phenoxy) is 1. The zero-order valence-electron chi connectivity index (χ0n) is 10.3. The Kier molecular flexibility index (Phi) is 5.32. The van der Waals surface area contributed by atoms with Crippen molar-refractivity contribution < 1.29 is 14.5 Å². The number of halogens is 1. The highest BCUT2D eigenvalue weighted by atomic mass is 35.5. The van der Waals surface area contributed by atoms with Crippen molar-refractivity contribution in [1.29, 1.82) is 0 Å². The van der Waals surface area contributed by atoms with E-state index >= 15 is 0 Å². The average molecular weight is 285 g/mol. The van der Waals surface area contributed by atoms with Gasteiger partial charge in [0.25, 0.3) is 11.6 Å². The van der Waals surface area contributed by atoms with E-state index in [4.69, 9.17) is 16.3 Å². The van der Waals surface area contributed by atoms with Crippen molar-refractivity contribution in [1.82, 2.24) is 5.32 Å². The van der Waals surface area contributed by atoms with Gasteiger partial charge < -0.3 is 10.1 Å². The molecule has 6 nitrogen and oxygen atoms in total. The van der Waals surface area contributed by atoms with Crippen LogP contribution in [0.3, 0.4) is 0 Å². The minimum Gasteiger partial charge on any atom is -0.479 e. The maximum atomic E-state index is 11.6. The van der Waals surface area contributed by atoms with Gasteiger partial charge in [-0.2, -0.15) is 0 Å². The first-order valence-corrected chi connectivity index (χ1v) is 5.82. The normalized spacial score (nSPS) is 11.5. The van der Waals surface area contributed by atoms with Gasteiger partial charge in [0.15, 0.2) is 6.10 Å². The van der Waals surface area contributed by atoms with Crippen LogP contribution in [0.2, 0.25) is 5.02 Å². The fourth-order valence-electron chi connectivity index (χ4n) is 1.26. The van der Waals surface area contributed by atoms with Crippen molar-refractivity contribution in [2.24, 2.45) is 0 Å². The zero-order chi connectivity index (χ0) is 14.4. The minimum atomic E-state index is -0.820. The first-order chi connectivity index (χ1) is 8.95. The summed E-state index contributed by atoms with van der Waals surface area (Å²) >= 11 is 5.86. The van der Waals surface area contributed by atoms with Gasteiger partial charge in [0.05, 0.1) is 16.0 Å². The number of nitro groups is 1. The van der Waals surface area contributed by atoms with Crippen LogP contribution in [-0.4, -0.2) is 23.5 Å². The number of nitro benzene ring substituents is 1. The summed E-state index contributed by atoms with van der Waals surface area (Å²) in [6.07, 6.45) is 0.713. The van der Waals surface area contributed by atoms with Gasteiger partial charge in [0.1, 0.15) is 5.75 Å². The van der Waals surface area contributed by atoms with E-state index in [0.717, 1.165) is 0 Å². The monoisotopic (exact) mass is 284 g/mol. The predicted octanol–water partition coefficient (Wildman–Crippen LogP) is 2.32. The number of nitrogens with zero attached hydrogens (tertiary/aromatic N) is 1. The Labute approximate surface area is 115 Å². The maximum Gasteiger partial charge on any atom is 0.273 e. The third kappa shape index (κ3) is 4.26. The van der Waals surface area contributed by atoms with E-state index in [-0.39, 0.29) is 22.4 Å². The maximum absolute atomic E-state index is 11.6. The van der Waals surface area contributed by atoms with Crippen LogP contribution in [0.5, 0.6) is 5.75 Å². The molecule has 0 aliphatic heterocycles. The number of amides is 1. The lowest BCUT2D eigenvalue weighted by Gasteiger charge is -2.14. The van der Waals surface area contributed by atoms with Crippen molar-refractivity contribution in [3.63, 3.8) is 0 Å². The molecule has 0 saturated heterocycles. The van der Waals surface area contributed by atoms with Gasteiger partial charge in [-0.25, -0.2) is 0 Å². The number of benzene rings is 1. The SMILES string of the molecule is C=CCNC(=O)C(C)Oc1cc([N+](=O)[O-])ccc1Cl. The predicted molar refractivity (Wildman–Crippen MR) is 71.4 cm³/mol. The lowest BCUT2D eigenvalue weighted by Crippen LogP contribution is -2.36. The molecule has 0 spiro atoms. The van der Waals surface area contributed by atoms with Crippen LogP contribution < -0.4 is 10.1 Å². The fourth-order valence-corrected chi connectivity index (χ4v) is 1.42. The molecule has 1 amide bonds. The van der Waals surface area contributed by atoms with Gasteiger partial charge in [0, 0.05) is 12.6 Å². The quantitative estimate of drug-likeness (QED) is 0.494. The van der Waals surface area contributed by atoms with E-state index in [1.165, 1.54) is 31.2 Å². The van der Waals surface area contributed by atoms with Crippen molar-refractivity contribution in [2.45, 2.75) is 13.0 Å². The van der Waals surface area contributed by atoms with Gasteiger partial charge >= 0.3 is 0 Å². The molecule has 0 radical (unpaired) electrons. The van der Waals surface area contributed by atoms with Gasteiger partial charge in [-0.1, -0.05) is 17.7 Å². The molecule has 7 heteroatoms. The Morgan fingerprint density at radius 2 is 2.37 bits per heavy atom. The van der Waals surface area contributed by atoms with E-state index in [2.05, 4.69) is 11.9 Å². The number of hydrogen-bond donors (Lipinski definition) is 1. The highest BCUT2D eigenvalue weighted by molar-refractivity contribution is 6.32. The molecule has 1 N–H and O–H groups in total. The topological polar surface area (TPSA) is 81.5 Å². The third-order valence-corrected chi connectivity index (χ3v) is 2.53. The summed E-state index contributed by atoms with van der Waals surface area (Å²) in [5.41, 5.74) is -0.155. The van der Waals surface area contributed by atoms with E-state index in [1.807, 2.05) is 0 Å². The summed E-state index contributed by atoms with van der Waals surface area (Å²) in [5, 5.41) is 13.4. The smallest absolute Gasteiger partial charge is 0.273 e. The summed E-state index contributed by atoms with van der Waals surface area (Å²) in [5.74, 6) is -0.264. The van der Waals surface area contributed by atoms with Crippen molar-refractivity contribution >= 4 is 23.2 Å². The zero-order valence-corrected chi connectivity index (χ0v) is 11.0. The Balaban J connectivity index is 2.80. The van der Waals surface area contributed by atoms with Crippen molar-refractivity contribution in [2.75, 3.05) is 6.54 Å². The molecule has 0 aliphatic rings. The standard InChI is InChI=1S/C12H13ClN2O4/c1-3-6-14-12(16)8(2)19-11-7-9(15(17)18)4-5-10(11)13/h3-5,7-8H,1,6H2,2H3,(H,14,16). The van der Waals surface area contributed by atoms with Crippen LogP contribution in [0.4, 0.5) is 5.69 Å². The molecule has 1 aromatic rings. The Morgan fingerprint density at radius 3 is 2.95 bits per heavy atom. The number of carbonyl (C=O) groups is 1. The van der Waals surface area contributed by atoms with Crippen LogP contribution in [0.25, 0.3) is 0 Å². The number of rotatable bonds is 6. The summed E-state index contributed by atoms with van der Waals surface area (Å²) in [6.45, 7) is 5.31. The van der Waals surface area contributed by atoms with Crippen LogP contribution in [0.1, 0.15) is 6.92 Å². The molecule has 102 valence electrons. The molecular weight excluding hydrogens is 272 g/mol. The number of non-ortho nitro benzene ring substituents is 1. The molecule has 0 heterocycles. The van der Waals surface area contributed by atoms with Gasteiger partial charge in [-0.3, -0.25) is 14.9 Å². The Hall–Kier alpha value is -2.08. The number of carbonyl (C=O) groups excluding carboxylic acids is 1. The lowest BCUT2D eigenvalue weighted by atomic mass is 10.3. The Bertz CT molecular complexity index is 505. The first-order valence-electron chi connectivity index (χ1n) is 5.45. The second-order valence-corrected chi connectivity index (χ2v) is 4.07. The van der Waals surface area contributed by atoms with Gasteiger partial charge in [-0.15, -0.1) is 6.58 Å². The third-order valence-electron chi connectivity index (χ3n) is 2.22. The molecule has 0 aromatic heterocycles. The fraction of sp³-hybridized carbons (Fsp3) is 0.250. The minimum absolute atomic E-state index is 0.0946. The van der Waals surface area contributed by atoms with Gasteiger partial charge in [-0.05, 0) is 13.0 Å². The van der Waals surface area contributed by atoms with Gasteiger partial charge in [0.2, 0.25) is 0 Å². The number of nitrogens with one attached hydrogen (secondary N) is 1. The molecule has 0 aliphatic carbocycles. The average Bonchev–Trinajstić information content (AvgIpc) is 2.38. The lowest BCUT2D eigenvalue weighted by molar-refractivity contribution is -0.384. The second-order valence-electron chi connectivity index (χ2n) is 3.67. The highest BCUT2D eigenvalue weighted by Gasteiger charge is 2.17. The van der Waals surface area contributed by atoms with E-state index < -0.39 is 11.0 Å². The summed E-state index contributed by atoms with van der Waals surface area (Å²) < 4.78 is 5.31. The summed E-state index contributed by atoms with van der Waals surface area (Å²) in [6, 6.07) is 3.79. The largest absolute Gasteiger partial charge is 0.479 e. The molecule has 0 bridgehead atoms. The van der Waals surface area contributed by atoms with Crippen molar-refractivity contribution in [3.8, 4) is 5.75 Å². The highest BCUT2D eigenvalue weighted by Crippen LogP contribution is 2.29. The van der Waals surface area contributed by atoms with Crippen LogP contribution >= 0.6 is 11.6 Å². The molecule has 1 rings (SSSR count). The molecule has 1 aromatic carbocycles. The van der Waals surface area contributed by atoms with Crippen LogP contribution in [0, 0.1) is 10.1 Å². The number of hydrogen-bond acceptors (Lipinski definition) is 4.